The molecular weight excluding hydrogens is 438 g/mol. The maximum atomic E-state index is 12.9. The molecule has 0 saturated heterocycles. The van der Waals surface area contributed by atoms with Crippen LogP contribution < -0.4 is 5.32 Å². The number of esters is 1. The Morgan fingerprint density at radius 3 is 2.88 bits per heavy atom. The number of carbonyl (C=O) groups is 2. The second-order valence-electron chi connectivity index (χ2n) is 8.30. The summed E-state index contributed by atoms with van der Waals surface area (Å²) in [5.41, 5.74) is 3.82. The van der Waals surface area contributed by atoms with Crippen LogP contribution in [0, 0.1) is 24.2 Å². The number of hydrogen-bond acceptors (Lipinski definition) is 7. The molecule has 0 unspecified atom stereocenters. The summed E-state index contributed by atoms with van der Waals surface area (Å²) in [5.74, 6) is -0.550. The van der Waals surface area contributed by atoms with Crippen molar-refractivity contribution in [2.45, 2.75) is 39.7 Å². The highest BCUT2D eigenvalue weighted by Crippen LogP contribution is 2.39. The number of rotatable bonds is 6. The molecule has 1 aliphatic carbocycles. The van der Waals surface area contributed by atoms with Gasteiger partial charge in [-0.2, -0.15) is 5.26 Å². The monoisotopic (exact) mass is 463 g/mol. The molecule has 0 fully saturated rings. The van der Waals surface area contributed by atoms with Gasteiger partial charge in [-0.05, 0) is 49.3 Å². The third-order valence-corrected chi connectivity index (χ3v) is 7.09. The van der Waals surface area contributed by atoms with Crippen molar-refractivity contribution in [3.63, 3.8) is 0 Å². The van der Waals surface area contributed by atoms with Gasteiger partial charge in [-0.15, -0.1) is 11.3 Å². The van der Waals surface area contributed by atoms with Crippen LogP contribution in [-0.2, 0) is 33.7 Å². The average molecular weight is 464 g/mol. The molecule has 4 rings (SSSR count). The zero-order valence-corrected chi connectivity index (χ0v) is 19.7. The van der Waals surface area contributed by atoms with Gasteiger partial charge in [0.2, 0.25) is 0 Å². The Morgan fingerprint density at radius 1 is 1.33 bits per heavy atom. The van der Waals surface area contributed by atoms with Gasteiger partial charge < -0.3 is 14.8 Å². The first kappa shape index (κ1) is 22.9. The molecular formula is C25H25N3O4S. The summed E-state index contributed by atoms with van der Waals surface area (Å²) in [6.45, 7) is 3.71. The van der Waals surface area contributed by atoms with Crippen LogP contribution in [0.4, 0.5) is 5.00 Å². The van der Waals surface area contributed by atoms with Crippen LogP contribution in [0.15, 0.2) is 24.3 Å². The Morgan fingerprint density at radius 2 is 2.12 bits per heavy atom. The first-order valence-electron chi connectivity index (χ1n) is 10.8. The third-order valence-electron chi connectivity index (χ3n) is 5.92. The number of carbonyl (C=O) groups excluding carboxylic acids is 2. The standard InChI is InChI=1S/C25H25N3O4S/c1-14-8-9-17-18(11-26)24(33-21(17)10-14)28-22(29)13-32-25(30)23-15(2)16-6-4-5-7-19(16)27-20(23)12-31-3/h4-7,14H,8-10,12-13H2,1-3H3,(H,28,29)/t14-/m0/s1. The van der Waals surface area contributed by atoms with Gasteiger partial charge in [0.15, 0.2) is 6.61 Å². The summed E-state index contributed by atoms with van der Waals surface area (Å²) in [5, 5.41) is 13.7. The topological polar surface area (TPSA) is 101 Å². The Labute approximate surface area is 196 Å². The lowest BCUT2D eigenvalue weighted by molar-refractivity contribution is -0.119. The van der Waals surface area contributed by atoms with Gasteiger partial charge in [0, 0.05) is 17.4 Å². The number of aromatic nitrogens is 1. The smallest absolute Gasteiger partial charge is 0.340 e. The predicted octanol–water partition coefficient (Wildman–Crippen LogP) is 4.54. The first-order chi connectivity index (χ1) is 15.9. The Kier molecular flexibility index (Phi) is 6.72. The molecule has 1 aromatic carbocycles. The number of amides is 1. The van der Waals surface area contributed by atoms with E-state index in [0.29, 0.717) is 27.7 Å². The number of hydrogen-bond donors (Lipinski definition) is 1. The van der Waals surface area contributed by atoms with Crippen LogP contribution in [0.3, 0.4) is 0 Å². The van der Waals surface area contributed by atoms with Crippen molar-refractivity contribution >= 4 is 39.1 Å². The van der Waals surface area contributed by atoms with Gasteiger partial charge in [-0.25, -0.2) is 9.78 Å². The van der Waals surface area contributed by atoms with Crippen LogP contribution in [-0.4, -0.2) is 30.6 Å². The van der Waals surface area contributed by atoms with E-state index in [1.807, 2.05) is 31.2 Å². The molecule has 0 aliphatic heterocycles. The molecule has 8 heteroatoms. The highest BCUT2D eigenvalue weighted by Gasteiger charge is 2.25. The van der Waals surface area contributed by atoms with Crippen molar-refractivity contribution in [3.8, 4) is 6.07 Å². The minimum absolute atomic E-state index is 0.146. The number of fused-ring (bicyclic) bond motifs is 2. The molecule has 7 nitrogen and oxygen atoms in total. The maximum absolute atomic E-state index is 12.9. The fourth-order valence-electron chi connectivity index (χ4n) is 4.28. The number of benzene rings is 1. The van der Waals surface area contributed by atoms with Crippen LogP contribution in [0.25, 0.3) is 10.9 Å². The second-order valence-corrected chi connectivity index (χ2v) is 9.41. The van der Waals surface area contributed by atoms with Crippen molar-refractivity contribution in [2.24, 2.45) is 5.92 Å². The van der Waals surface area contributed by atoms with Crippen molar-refractivity contribution in [1.29, 1.82) is 5.26 Å². The van der Waals surface area contributed by atoms with Crippen LogP contribution in [0.2, 0.25) is 0 Å². The maximum Gasteiger partial charge on any atom is 0.340 e. The fourth-order valence-corrected chi connectivity index (χ4v) is 5.65. The number of nitrogens with zero attached hydrogens (tertiary/aromatic N) is 2. The molecule has 2 heterocycles. The van der Waals surface area contributed by atoms with Gasteiger partial charge in [0.05, 0.1) is 28.9 Å². The van der Waals surface area contributed by atoms with E-state index in [1.165, 1.54) is 18.4 Å². The van der Waals surface area contributed by atoms with Crippen molar-refractivity contribution in [1.82, 2.24) is 4.98 Å². The lowest BCUT2D eigenvalue weighted by Crippen LogP contribution is -2.22. The predicted molar refractivity (Wildman–Crippen MR) is 126 cm³/mol. The molecule has 1 N–H and O–H groups in total. The van der Waals surface area contributed by atoms with Crippen molar-refractivity contribution in [3.05, 3.63) is 57.1 Å². The summed E-state index contributed by atoms with van der Waals surface area (Å²) in [6.07, 6.45) is 2.79. The summed E-state index contributed by atoms with van der Waals surface area (Å²) >= 11 is 1.44. The number of aryl methyl sites for hydroxylation is 1. The molecule has 0 bridgehead atoms. The fraction of sp³-hybridized carbons (Fsp3) is 0.360. The lowest BCUT2D eigenvalue weighted by atomic mass is 9.89. The molecule has 0 spiro atoms. The van der Waals surface area contributed by atoms with E-state index in [9.17, 15) is 14.9 Å². The summed E-state index contributed by atoms with van der Waals surface area (Å²) < 4.78 is 10.6. The third kappa shape index (κ3) is 4.61. The number of para-hydroxylation sites is 1. The Balaban J connectivity index is 1.50. The number of anilines is 1. The van der Waals surface area contributed by atoms with E-state index < -0.39 is 18.5 Å². The highest BCUT2D eigenvalue weighted by atomic mass is 32.1. The first-order valence-corrected chi connectivity index (χ1v) is 11.6. The molecule has 2 aromatic heterocycles. The quantitative estimate of drug-likeness (QED) is 0.539. The van der Waals surface area contributed by atoms with Crippen LogP contribution in [0.5, 0.6) is 0 Å². The number of ether oxygens (including phenoxy) is 2. The minimum Gasteiger partial charge on any atom is -0.452 e. The number of nitriles is 1. The molecule has 1 aliphatic rings. The molecule has 3 aromatic rings. The zero-order chi connectivity index (χ0) is 23.5. The largest absolute Gasteiger partial charge is 0.452 e. The van der Waals surface area contributed by atoms with Gasteiger partial charge in [-0.3, -0.25) is 4.79 Å². The van der Waals surface area contributed by atoms with Crippen molar-refractivity contribution < 1.29 is 19.1 Å². The van der Waals surface area contributed by atoms with E-state index in [2.05, 4.69) is 23.3 Å². The molecule has 170 valence electrons. The Hall–Kier alpha value is -3.28. The van der Waals surface area contributed by atoms with Gasteiger partial charge in [0.25, 0.3) is 5.91 Å². The number of pyridine rings is 1. The van der Waals surface area contributed by atoms with E-state index in [-0.39, 0.29) is 6.61 Å². The number of thiophene rings is 1. The summed E-state index contributed by atoms with van der Waals surface area (Å²) in [4.78, 5) is 31.2. The molecule has 33 heavy (non-hydrogen) atoms. The molecule has 1 atom stereocenters. The van der Waals surface area contributed by atoms with Crippen LogP contribution >= 0.6 is 11.3 Å². The van der Waals surface area contributed by atoms with Crippen LogP contribution in [0.1, 0.15) is 51.0 Å². The lowest BCUT2D eigenvalue weighted by Gasteiger charge is -2.17. The Bertz CT molecular complexity index is 1270. The van der Waals surface area contributed by atoms with E-state index in [0.717, 1.165) is 46.2 Å². The van der Waals surface area contributed by atoms with Gasteiger partial charge >= 0.3 is 5.97 Å². The van der Waals surface area contributed by atoms with Gasteiger partial charge in [-0.1, -0.05) is 25.1 Å². The SMILES string of the molecule is COCc1nc2ccccc2c(C)c1C(=O)OCC(=O)Nc1sc2c(c1C#N)CC[C@H](C)C2. The van der Waals surface area contributed by atoms with Gasteiger partial charge in [0.1, 0.15) is 11.1 Å². The van der Waals surface area contributed by atoms with E-state index in [1.54, 1.807) is 0 Å². The van der Waals surface area contributed by atoms with E-state index >= 15 is 0 Å². The summed E-state index contributed by atoms with van der Waals surface area (Å²) in [6, 6.07) is 9.75. The minimum atomic E-state index is -0.632. The number of nitrogens with one attached hydrogen (secondary N) is 1. The zero-order valence-electron chi connectivity index (χ0n) is 18.9. The molecule has 1 amide bonds. The number of methoxy groups -OCH3 is 1. The highest BCUT2D eigenvalue weighted by molar-refractivity contribution is 7.16. The normalized spacial score (nSPS) is 15.0. The molecule has 0 saturated carbocycles. The second kappa shape index (κ2) is 9.69. The average Bonchev–Trinajstić information content (AvgIpc) is 3.13. The molecule has 0 radical (unpaired) electrons. The van der Waals surface area contributed by atoms with Crippen molar-refractivity contribution in [2.75, 3.05) is 19.0 Å². The summed E-state index contributed by atoms with van der Waals surface area (Å²) in [7, 11) is 1.53. The van der Waals surface area contributed by atoms with E-state index in [4.69, 9.17) is 9.47 Å².